The zero-order valence-electron chi connectivity index (χ0n) is 17.2. The molecular weight excluding hydrogens is 484 g/mol. The first-order valence-electron chi connectivity index (χ1n) is 9.47. The van der Waals surface area contributed by atoms with E-state index in [-0.39, 0.29) is 22.9 Å². The first-order valence-corrected chi connectivity index (χ1v) is 11.1. The molecule has 0 bridgehead atoms. The highest BCUT2D eigenvalue weighted by Gasteiger charge is 2.36. The van der Waals surface area contributed by atoms with Crippen LogP contribution in [-0.2, 0) is 9.59 Å². The van der Waals surface area contributed by atoms with Gasteiger partial charge in [-0.05, 0) is 73.5 Å². The lowest BCUT2D eigenvalue weighted by Gasteiger charge is -2.14. The highest BCUT2D eigenvalue weighted by molar-refractivity contribution is 9.10. The Morgan fingerprint density at radius 2 is 2.00 bits per heavy atom. The summed E-state index contributed by atoms with van der Waals surface area (Å²) in [4.78, 5) is 38.7. The molecule has 0 saturated carbocycles. The molecule has 7 nitrogen and oxygen atoms in total. The van der Waals surface area contributed by atoms with Crippen LogP contribution in [0.1, 0.15) is 23.6 Å². The Bertz CT molecular complexity index is 1100. The molecule has 162 valence electrons. The van der Waals surface area contributed by atoms with Crippen LogP contribution in [0, 0.1) is 13.8 Å². The van der Waals surface area contributed by atoms with Crippen LogP contribution < -0.4 is 10.1 Å². The molecule has 1 heterocycles. The number of halogens is 1. The zero-order valence-corrected chi connectivity index (χ0v) is 19.6. The number of carbonyl (C=O) groups excluding carboxylic acids is 3. The molecule has 1 aliphatic heterocycles. The molecule has 2 aromatic carbocycles. The van der Waals surface area contributed by atoms with E-state index in [0.717, 1.165) is 27.8 Å². The van der Waals surface area contributed by atoms with Crippen molar-refractivity contribution in [3.8, 4) is 11.5 Å². The number of imide groups is 1. The SMILES string of the molecule is CCOc1cc(/C=C2\SC(=O)N(CC(=O)Nc3cc(C)ccc3C)C2=O)c(Br)cc1O. The highest BCUT2D eigenvalue weighted by atomic mass is 79.9. The maximum absolute atomic E-state index is 12.8. The standard InChI is InChI=1S/C22H21BrN2O5S/c1-4-30-18-8-14(15(23)10-17(18)26)9-19-21(28)25(22(29)31-19)11-20(27)24-16-7-12(2)5-6-13(16)3/h5-10,26H,4,11H2,1-3H3,(H,24,27)/b19-9-. The molecule has 0 aromatic heterocycles. The van der Waals surface area contributed by atoms with Crippen LogP contribution >= 0.6 is 27.7 Å². The molecule has 2 aromatic rings. The number of carbonyl (C=O) groups is 3. The monoisotopic (exact) mass is 504 g/mol. The number of hydrogen-bond acceptors (Lipinski definition) is 6. The van der Waals surface area contributed by atoms with Crippen molar-refractivity contribution in [2.45, 2.75) is 20.8 Å². The summed E-state index contributed by atoms with van der Waals surface area (Å²) in [6, 6.07) is 8.69. The number of ether oxygens (including phenoxy) is 1. The lowest BCUT2D eigenvalue weighted by Crippen LogP contribution is -2.36. The number of nitrogens with one attached hydrogen (secondary N) is 1. The number of phenolic OH excluding ortho intramolecular Hbond substituents is 1. The minimum Gasteiger partial charge on any atom is -0.504 e. The number of thioether (sulfide) groups is 1. The average Bonchev–Trinajstić information content (AvgIpc) is 2.96. The molecule has 0 atom stereocenters. The Morgan fingerprint density at radius 1 is 1.26 bits per heavy atom. The van der Waals surface area contributed by atoms with Crippen molar-refractivity contribution in [3.05, 3.63) is 56.4 Å². The molecule has 1 fully saturated rings. The van der Waals surface area contributed by atoms with Crippen molar-refractivity contribution in [3.63, 3.8) is 0 Å². The summed E-state index contributed by atoms with van der Waals surface area (Å²) in [5.74, 6) is -0.781. The first-order chi connectivity index (χ1) is 14.7. The van der Waals surface area contributed by atoms with Crippen molar-refractivity contribution in [1.29, 1.82) is 0 Å². The molecule has 0 radical (unpaired) electrons. The molecule has 3 amide bonds. The van der Waals surface area contributed by atoms with E-state index in [4.69, 9.17) is 4.74 Å². The second-order valence-electron chi connectivity index (χ2n) is 6.91. The minimum atomic E-state index is -0.552. The molecule has 1 aliphatic rings. The summed E-state index contributed by atoms with van der Waals surface area (Å²) >= 11 is 4.09. The third kappa shape index (κ3) is 5.29. The van der Waals surface area contributed by atoms with Crippen LogP contribution in [-0.4, -0.2) is 40.2 Å². The van der Waals surface area contributed by atoms with Gasteiger partial charge in [-0.25, -0.2) is 0 Å². The number of phenols is 1. The van der Waals surface area contributed by atoms with Crippen molar-refractivity contribution in [2.24, 2.45) is 0 Å². The summed E-state index contributed by atoms with van der Waals surface area (Å²) in [6.07, 6.45) is 1.53. The van der Waals surface area contributed by atoms with E-state index in [1.54, 1.807) is 13.0 Å². The van der Waals surface area contributed by atoms with Crippen molar-refractivity contribution >= 4 is 56.5 Å². The van der Waals surface area contributed by atoms with Gasteiger partial charge < -0.3 is 15.2 Å². The fourth-order valence-electron chi connectivity index (χ4n) is 2.92. The van der Waals surface area contributed by atoms with Crippen LogP contribution in [0.3, 0.4) is 0 Å². The van der Waals surface area contributed by atoms with Crippen molar-refractivity contribution < 1.29 is 24.2 Å². The Hall–Kier alpha value is -2.78. The maximum Gasteiger partial charge on any atom is 0.294 e. The van der Waals surface area contributed by atoms with Gasteiger partial charge in [-0.15, -0.1) is 0 Å². The number of aromatic hydroxyl groups is 1. The van der Waals surface area contributed by atoms with Crippen LogP contribution in [0.25, 0.3) is 6.08 Å². The maximum atomic E-state index is 12.8. The Morgan fingerprint density at radius 3 is 2.71 bits per heavy atom. The van der Waals surface area contributed by atoms with Crippen LogP contribution in [0.4, 0.5) is 10.5 Å². The second kappa shape index (κ2) is 9.57. The summed E-state index contributed by atoms with van der Waals surface area (Å²) in [5.41, 5.74) is 3.08. The normalized spacial score (nSPS) is 15.0. The third-order valence-electron chi connectivity index (χ3n) is 4.51. The molecule has 2 N–H and O–H groups in total. The molecule has 0 aliphatic carbocycles. The summed E-state index contributed by atoms with van der Waals surface area (Å²) in [6.45, 7) is 5.55. The van der Waals surface area contributed by atoms with Gasteiger partial charge in [0, 0.05) is 10.2 Å². The van der Waals surface area contributed by atoms with Crippen LogP contribution in [0.15, 0.2) is 39.7 Å². The van der Waals surface area contributed by atoms with Gasteiger partial charge in [0.1, 0.15) is 6.54 Å². The van der Waals surface area contributed by atoms with Crippen molar-refractivity contribution in [1.82, 2.24) is 4.90 Å². The second-order valence-corrected chi connectivity index (χ2v) is 8.76. The molecule has 0 unspecified atom stereocenters. The first kappa shape index (κ1) is 22.9. The molecule has 9 heteroatoms. The number of nitrogens with zero attached hydrogens (tertiary/aromatic N) is 1. The van der Waals surface area contributed by atoms with Crippen LogP contribution in [0.5, 0.6) is 11.5 Å². The van der Waals surface area contributed by atoms with Gasteiger partial charge >= 0.3 is 0 Å². The Kier molecular flexibility index (Phi) is 7.07. The number of anilines is 1. The predicted molar refractivity (Wildman–Crippen MR) is 124 cm³/mol. The number of rotatable bonds is 6. The fraction of sp³-hybridized carbons (Fsp3) is 0.227. The Balaban J connectivity index is 1.77. The van der Waals surface area contributed by atoms with Gasteiger partial charge in [-0.1, -0.05) is 28.1 Å². The van der Waals surface area contributed by atoms with Crippen molar-refractivity contribution in [2.75, 3.05) is 18.5 Å². The molecule has 1 saturated heterocycles. The van der Waals surface area contributed by atoms with E-state index < -0.39 is 17.1 Å². The van der Waals surface area contributed by atoms with E-state index in [9.17, 15) is 19.5 Å². The van der Waals surface area contributed by atoms with E-state index in [1.807, 2.05) is 32.0 Å². The van der Waals surface area contributed by atoms with E-state index in [1.165, 1.54) is 12.1 Å². The molecule has 31 heavy (non-hydrogen) atoms. The van der Waals surface area contributed by atoms with E-state index in [2.05, 4.69) is 21.2 Å². The summed E-state index contributed by atoms with van der Waals surface area (Å²) in [5, 5.41) is 12.2. The third-order valence-corrected chi connectivity index (χ3v) is 6.10. The largest absolute Gasteiger partial charge is 0.504 e. The number of hydrogen-bond donors (Lipinski definition) is 2. The highest BCUT2D eigenvalue weighted by Crippen LogP contribution is 2.37. The topological polar surface area (TPSA) is 95.9 Å². The summed E-state index contributed by atoms with van der Waals surface area (Å²) in [7, 11) is 0. The van der Waals surface area contributed by atoms with Gasteiger partial charge in [0.2, 0.25) is 5.91 Å². The molecular formula is C22H21BrN2O5S. The van der Waals surface area contributed by atoms with E-state index >= 15 is 0 Å². The lowest BCUT2D eigenvalue weighted by molar-refractivity contribution is -0.127. The molecule has 3 rings (SSSR count). The number of benzene rings is 2. The van der Waals surface area contributed by atoms with Gasteiger partial charge in [0.15, 0.2) is 11.5 Å². The van der Waals surface area contributed by atoms with Gasteiger partial charge in [0.05, 0.1) is 11.5 Å². The fourth-order valence-corrected chi connectivity index (χ4v) is 4.20. The van der Waals surface area contributed by atoms with Gasteiger partial charge in [0.25, 0.3) is 11.1 Å². The number of aryl methyl sites for hydroxylation is 2. The lowest BCUT2D eigenvalue weighted by atomic mass is 10.1. The summed E-state index contributed by atoms with van der Waals surface area (Å²) < 4.78 is 5.91. The predicted octanol–water partition coefficient (Wildman–Crippen LogP) is 4.85. The smallest absolute Gasteiger partial charge is 0.294 e. The Labute approximate surface area is 192 Å². The quantitative estimate of drug-likeness (QED) is 0.546. The van der Waals surface area contributed by atoms with E-state index in [0.29, 0.717) is 22.3 Å². The van der Waals surface area contributed by atoms with Gasteiger partial charge in [-0.3, -0.25) is 19.3 Å². The average molecular weight is 505 g/mol. The molecule has 0 spiro atoms. The zero-order chi connectivity index (χ0) is 22.7. The van der Waals surface area contributed by atoms with Crippen LogP contribution in [0.2, 0.25) is 0 Å². The minimum absolute atomic E-state index is 0.0397. The van der Waals surface area contributed by atoms with Gasteiger partial charge in [-0.2, -0.15) is 0 Å². The number of amides is 3.